The van der Waals surface area contributed by atoms with Gasteiger partial charge in [-0.1, -0.05) is 0 Å². The van der Waals surface area contributed by atoms with E-state index in [4.69, 9.17) is 5.73 Å². The summed E-state index contributed by atoms with van der Waals surface area (Å²) in [4.78, 5) is 13.0. The summed E-state index contributed by atoms with van der Waals surface area (Å²) >= 11 is 0. The molecule has 0 aliphatic rings. The second-order valence-electron chi connectivity index (χ2n) is 4.23. The smallest absolute Gasteiger partial charge is 0.160 e. The second-order valence-corrected chi connectivity index (χ2v) is 4.23. The molecule has 5 nitrogen and oxygen atoms in total. The van der Waals surface area contributed by atoms with E-state index in [1.165, 1.54) is 0 Å². The molecule has 0 aliphatic heterocycles. The highest BCUT2D eigenvalue weighted by atomic mass is 15.1. The van der Waals surface area contributed by atoms with E-state index in [2.05, 4.69) is 15.0 Å². The number of hydrogen-bond donors (Lipinski definition) is 1. The zero-order valence-electron chi connectivity index (χ0n) is 10.3. The molecule has 0 saturated heterocycles. The molecule has 0 fully saturated rings. The zero-order chi connectivity index (χ0) is 12.7. The molecule has 18 heavy (non-hydrogen) atoms. The van der Waals surface area contributed by atoms with Crippen LogP contribution in [0.5, 0.6) is 0 Å². The number of nitrogen functional groups attached to an aromatic ring is 1. The Balaban J connectivity index is 2.21. The molecule has 0 saturated carbocycles. The van der Waals surface area contributed by atoms with Crippen molar-refractivity contribution in [3.8, 4) is 11.3 Å². The first-order valence-corrected chi connectivity index (χ1v) is 5.67. The van der Waals surface area contributed by atoms with E-state index in [1.54, 1.807) is 6.20 Å². The minimum atomic E-state index is 0.496. The third-order valence-corrected chi connectivity index (χ3v) is 3.02. The van der Waals surface area contributed by atoms with E-state index in [-0.39, 0.29) is 0 Å². The van der Waals surface area contributed by atoms with Crippen LogP contribution >= 0.6 is 0 Å². The van der Waals surface area contributed by atoms with Gasteiger partial charge in [-0.3, -0.25) is 0 Å². The average Bonchev–Trinajstić information content (AvgIpc) is 2.65. The molecule has 3 heterocycles. The van der Waals surface area contributed by atoms with Crippen molar-refractivity contribution in [3.63, 3.8) is 0 Å². The van der Waals surface area contributed by atoms with Crippen molar-refractivity contribution < 1.29 is 0 Å². The molecule has 3 rings (SSSR count). The molecule has 5 heteroatoms. The monoisotopic (exact) mass is 239 g/mol. The Bertz CT molecular complexity index is 729. The van der Waals surface area contributed by atoms with Crippen molar-refractivity contribution in [2.75, 3.05) is 5.73 Å². The molecule has 0 unspecified atom stereocenters. The van der Waals surface area contributed by atoms with Gasteiger partial charge in [-0.25, -0.2) is 15.0 Å². The lowest BCUT2D eigenvalue weighted by molar-refractivity contribution is 0.874. The number of pyridine rings is 2. The summed E-state index contributed by atoms with van der Waals surface area (Å²) in [6.45, 7) is 1.96. The first-order valence-electron chi connectivity index (χ1n) is 5.67. The Morgan fingerprint density at radius 1 is 1.17 bits per heavy atom. The van der Waals surface area contributed by atoms with E-state index in [1.807, 2.05) is 42.8 Å². The summed E-state index contributed by atoms with van der Waals surface area (Å²) in [5.41, 5.74) is 9.30. The number of hydrogen-bond acceptors (Lipinski definition) is 4. The van der Waals surface area contributed by atoms with Gasteiger partial charge in [-0.2, -0.15) is 0 Å². The first kappa shape index (κ1) is 10.7. The Kier molecular flexibility index (Phi) is 2.26. The molecule has 2 N–H and O–H groups in total. The number of aryl methyl sites for hydroxylation is 2. The van der Waals surface area contributed by atoms with Crippen molar-refractivity contribution in [1.29, 1.82) is 0 Å². The Morgan fingerprint density at radius 2 is 2.00 bits per heavy atom. The summed E-state index contributed by atoms with van der Waals surface area (Å²) in [5, 5.41) is 0. The molecule has 0 radical (unpaired) electrons. The highest BCUT2D eigenvalue weighted by molar-refractivity contribution is 5.76. The quantitative estimate of drug-likeness (QED) is 0.704. The number of nitrogens with two attached hydrogens (primary N) is 1. The predicted octanol–water partition coefficient (Wildman–Crippen LogP) is 1.92. The minimum absolute atomic E-state index is 0.496. The van der Waals surface area contributed by atoms with E-state index >= 15 is 0 Å². The lowest BCUT2D eigenvalue weighted by Crippen LogP contribution is -1.94. The topological polar surface area (TPSA) is 69.6 Å². The van der Waals surface area contributed by atoms with Gasteiger partial charge in [0.15, 0.2) is 5.65 Å². The number of nitrogens with zero attached hydrogens (tertiary/aromatic N) is 4. The van der Waals surface area contributed by atoms with Gasteiger partial charge in [0.05, 0.1) is 5.69 Å². The number of anilines is 1. The van der Waals surface area contributed by atoms with Crippen molar-refractivity contribution in [3.05, 3.63) is 36.3 Å². The number of fused-ring (bicyclic) bond motifs is 1. The average molecular weight is 239 g/mol. The van der Waals surface area contributed by atoms with Crippen molar-refractivity contribution in [1.82, 2.24) is 19.5 Å². The SMILES string of the molecule is Cc1nc2ccc(-c3ccnc(N)c3)nc2n1C. The van der Waals surface area contributed by atoms with Crippen LogP contribution < -0.4 is 5.73 Å². The van der Waals surface area contributed by atoms with Gasteiger partial charge in [-0.05, 0) is 31.2 Å². The first-order chi connectivity index (χ1) is 8.65. The highest BCUT2D eigenvalue weighted by Crippen LogP contribution is 2.21. The molecule has 0 aromatic carbocycles. The van der Waals surface area contributed by atoms with E-state index in [0.717, 1.165) is 28.2 Å². The van der Waals surface area contributed by atoms with Crippen molar-refractivity contribution in [2.45, 2.75) is 6.92 Å². The van der Waals surface area contributed by atoms with Crippen LogP contribution in [0.1, 0.15) is 5.82 Å². The third-order valence-electron chi connectivity index (χ3n) is 3.02. The Labute approximate surface area is 104 Å². The molecule has 0 atom stereocenters. The third kappa shape index (κ3) is 1.60. The largest absolute Gasteiger partial charge is 0.384 e. The summed E-state index contributed by atoms with van der Waals surface area (Å²) in [5.74, 6) is 1.44. The Morgan fingerprint density at radius 3 is 2.78 bits per heavy atom. The van der Waals surface area contributed by atoms with Gasteiger partial charge in [0.2, 0.25) is 0 Å². The summed E-state index contributed by atoms with van der Waals surface area (Å²) in [6, 6.07) is 7.63. The van der Waals surface area contributed by atoms with E-state index < -0.39 is 0 Å². The maximum atomic E-state index is 5.69. The normalized spacial score (nSPS) is 11.0. The number of imidazole rings is 1. The van der Waals surface area contributed by atoms with Crippen LogP contribution in [0.2, 0.25) is 0 Å². The second kappa shape index (κ2) is 3.80. The standard InChI is InChI=1S/C13H13N5/c1-8-16-11-4-3-10(17-13(11)18(8)2)9-5-6-15-12(14)7-9/h3-7H,1-2H3,(H2,14,15). The van der Waals surface area contributed by atoms with Crippen LogP contribution in [0.15, 0.2) is 30.5 Å². The molecule has 0 bridgehead atoms. The molecule has 0 amide bonds. The van der Waals surface area contributed by atoms with Crippen molar-refractivity contribution >= 4 is 17.0 Å². The van der Waals surface area contributed by atoms with Gasteiger partial charge in [0, 0.05) is 18.8 Å². The fourth-order valence-corrected chi connectivity index (χ4v) is 1.95. The predicted molar refractivity (Wildman–Crippen MR) is 70.9 cm³/mol. The molecule has 3 aromatic heterocycles. The molecule has 0 spiro atoms. The fraction of sp³-hybridized carbons (Fsp3) is 0.154. The van der Waals surface area contributed by atoms with E-state index in [0.29, 0.717) is 5.82 Å². The minimum Gasteiger partial charge on any atom is -0.384 e. The number of rotatable bonds is 1. The van der Waals surface area contributed by atoms with Gasteiger partial charge >= 0.3 is 0 Å². The summed E-state index contributed by atoms with van der Waals surface area (Å²) in [6.07, 6.45) is 1.69. The van der Waals surface area contributed by atoms with E-state index in [9.17, 15) is 0 Å². The zero-order valence-corrected chi connectivity index (χ0v) is 10.3. The maximum Gasteiger partial charge on any atom is 0.160 e. The van der Waals surface area contributed by atoms with Gasteiger partial charge in [-0.15, -0.1) is 0 Å². The molecule has 3 aromatic rings. The molecule has 90 valence electrons. The number of aromatic nitrogens is 4. The van der Waals surface area contributed by atoms with Gasteiger partial charge in [0.25, 0.3) is 0 Å². The van der Waals surface area contributed by atoms with Crippen LogP contribution in [0.25, 0.3) is 22.4 Å². The van der Waals surface area contributed by atoms with Gasteiger partial charge in [0.1, 0.15) is 17.2 Å². The highest BCUT2D eigenvalue weighted by Gasteiger charge is 2.07. The summed E-state index contributed by atoms with van der Waals surface area (Å²) < 4.78 is 1.98. The summed E-state index contributed by atoms with van der Waals surface area (Å²) in [7, 11) is 1.96. The van der Waals surface area contributed by atoms with Crippen LogP contribution in [0.4, 0.5) is 5.82 Å². The molecular formula is C13H13N5. The van der Waals surface area contributed by atoms with Crippen LogP contribution in [-0.4, -0.2) is 19.5 Å². The van der Waals surface area contributed by atoms with Crippen LogP contribution in [0.3, 0.4) is 0 Å². The fourth-order valence-electron chi connectivity index (χ4n) is 1.95. The lowest BCUT2D eigenvalue weighted by Gasteiger charge is -2.02. The molecule has 0 aliphatic carbocycles. The van der Waals surface area contributed by atoms with Gasteiger partial charge < -0.3 is 10.3 Å². The lowest BCUT2D eigenvalue weighted by atomic mass is 10.2. The van der Waals surface area contributed by atoms with Crippen LogP contribution in [0, 0.1) is 6.92 Å². The van der Waals surface area contributed by atoms with Crippen LogP contribution in [-0.2, 0) is 7.05 Å². The maximum absolute atomic E-state index is 5.69. The van der Waals surface area contributed by atoms with Crippen molar-refractivity contribution in [2.24, 2.45) is 7.05 Å². The Hall–Kier alpha value is -2.43. The molecular weight excluding hydrogens is 226 g/mol.